The molecule has 312 valence electrons. The van der Waals surface area contributed by atoms with Gasteiger partial charge in [-0.2, -0.15) is 0 Å². The van der Waals surface area contributed by atoms with Crippen LogP contribution in [0.5, 0.6) is 0 Å². The lowest BCUT2D eigenvalue weighted by molar-refractivity contribution is -0.136. The van der Waals surface area contributed by atoms with Crippen molar-refractivity contribution in [1.82, 2.24) is 35.5 Å². The number of benzene rings is 4. The number of methoxy groups -OCH3 is 1. The largest absolute Gasteiger partial charge is 0.453 e. The summed E-state index contributed by atoms with van der Waals surface area (Å²) in [7, 11) is 1.18. The maximum Gasteiger partial charge on any atom is 0.408 e. The van der Waals surface area contributed by atoms with Crippen LogP contribution >= 0.6 is 0 Å². The Bertz CT molecular complexity index is 2430. The average molecular weight is 818 g/mol. The number of halogens is 2. The zero-order valence-electron chi connectivity index (χ0n) is 34.0. The number of aromatic nitrogens is 4. The van der Waals surface area contributed by atoms with E-state index < -0.39 is 49.1 Å². The molecular weight excluding hydrogens is 769 g/mol. The molecule has 1 aliphatic rings. The lowest BCUT2D eigenvalue weighted by Crippen LogP contribution is -2.51. The van der Waals surface area contributed by atoms with Crippen LogP contribution in [-0.4, -0.2) is 68.5 Å². The van der Waals surface area contributed by atoms with Gasteiger partial charge in [-0.3, -0.25) is 4.79 Å². The van der Waals surface area contributed by atoms with Gasteiger partial charge in [-0.1, -0.05) is 112 Å². The van der Waals surface area contributed by atoms with Crippen molar-refractivity contribution < 1.29 is 32.6 Å². The van der Waals surface area contributed by atoms with Crippen molar-refractivity contribution in [2.75, 3.05) is 13.7 Å². The van der Waals surface area contributed by atoms with Crippen LogP contribution in [0.25, 0.3) is 44.4 Å². The molecular formula is C46H49F2N7O5. The second-order valence-electron chi connectivity index (χ2n) is 15.5. The molecule has 0 saturated carbocycles. The molecule has 12 nitrogen and oxygen atoms in total. The number of likely N-dealkylation sites (tertiary alicyclic amines) is 1. The van der Waals surface area contributed by atoms with Gasteiger partial charge in [0.1, 0.15) is 24.3 Å². The lowest BCUT2D eigenvalue weighted by atomic mass is 9.98. The number of nitrogens with zero attached hydrogens (tertiary/aromatic N) is 3. The summed E-state index contributed by atoms with van der Waals surface area (Å²) in [5.41, 5.74) is 6.14. The number of H-pyrrole nitrogens is 2. The van der Waals surface area contributed by atoms with E-state index in [0.717, 1.165) is 68.4 Å². The van der Waals surface area contributed by atoms with Crippen molar-refractivity contribution >= 4 is 28.9 Å². The van der Waals surface area contributed by atoms with E-state index in [0.29, 0.717) is 11.5 Å². The fourth-order valence-electron chi connectivity index (χ4n) is 7.51. The first-order valence-electron chi connectivity index (χ1n) is 20.2. The Labute approximate surface area is 347 Å². The van der Waals surface area contributed by atoms with E-state index in [4.69, 9.17) is 4.74 Å². The summed E-state index contributed by atoms with van der Waals surface area (Å²) in [6.45, 7) is 4.96. The zero-order valence-corrected chi connectivity index (χ0v) is 34.0. The fourth-order valence-corrected chi connectivity index (χ4v) is 7.51. The second kappa shape index (κ2) is 18.1. The molecule has 7 rings (SSSR count). The first-order chi connectivity index (χ1) is 28.9. The molecule has 3 atom stereocenters. The van der Waals surface area contributed by atoms with Crippen LogP contribution in [0.1, 0.15) is 75.8 Å². The third kappa shape index (κ3) is 9.65. The number of ether oxygens (including phenoxy) is 2. The highest BCUT2D eigenvalue weighted by molar-refractivity contribution is 5.91. The van der Waals surface area contributed by atoms with Gasteiger partial charge < -0.3 is 35.0 Å². The van der Waals surface area contributed by atoms with Gasteiger partial charge in [0.15, 0.2) is 0 Å². The Kier molecular flexibility index (Phi) is 12.6. The Hall–Kier alpha value is -6.57. The number of imidazole rings is 2. The zero-order chi connectivity index (χ0) is 42.4. The first-order valence-corrected chi connectivity index (χ1v) is 20.2. The average Bonchev–Trinajstić information content (AvgIpc) is 4.02. The molecule has 60 heavy (non-hydrogen) atoms. The minimum Gasteiger partial charge on any atom is -0.453 e. The first kappa shape index (κ1) is 41.6. The maximum absolute atomic E-state index is 14.8. The molecule has 1 aliphatic heterocycles. The Morgan fingerprint density at radius 2 is 1.48 bits per heavy atom. The van der Waals surface area contributed by atoms with Gasteiger partial charge in [0.2, 0.25) is 5.91 Å². The van der Waals surface area contributed by atoms with Gasteiger partial charge in [-0.05, 0) is 57.5 Å². The molecule has 14 heteroatoms. The van der Waals surface area contributed by atoms with Crippen molar-refractivity contribution in [2.24, 2.45) is 5.92 Å². The number of unbranched alkanes of at least 4 members (excludes halogenated alkanes) is 1. The number of rotatable bonds is 14. The van der Waals surface area contributed by atoms with Crippen LogP contribution in [0.3, 0.4) is 0 Å². The lowest BCUT2D eigenvalue weighted by Gasteiger charge is -2.29. The van der Waals surface area contributed by atoms with Gasteiger partial charge in [-0.25, -0.2) is 28.3 Å². The molecule has 0 spiro atoms. The summed E-state index contributed by atoms with van der Waals surface area (Å²) >= 11 is 0. The van der Waals surface area contributed by atoms with E-state index >= 15 is 0 Å². The molecule has 3 amide bonds. The van der Waals surface area contributed by atoms with Gasteiger partial charge in [0.25, 0.3) is 5.92 Å². The smallest absolute Gasteiger partial charge is 0.408 e. The van der Waals surface area contributed by atoms with Crippen LogP contribution < -0.4 is 10.6 Å². The number of alkyl halides is 2. The number of aromatic amines is 2. The van der Waals surface area contributed by atoms with E-state index in [-0.39, 0.29) is 24.4 Å². The standard InChI is InChI=1S/C46H49F2N7O5/c1-5-6-12-36(53-45(58)60-26-29-10-8-7-9-11-29)41-49-25-38(51-41)35-20-19-33-21-32(17-18-34(33)22-35)30-13-15-31(16-14-30)37-24-50-42(52-37)39-23-46(47,48)27-55(39)43(56)40(28(2)3)54-44(57)59-4/h7-11,13-22,24-25,28,36,39-40H,5-6,12,23,26-27H2,1-4H3,(H,49,51)(H,50,52)(H,53,58)(H,54,57)/t36-,39-,40-/m0/s1. The summed E-state index contributed by atoms with van der Waals surface area (Å²) in [6.07, 6.45) is 4.08. The third-order valence-corrected chi connectivity index (χ3v) is 10.8. The normalized spacial score (nSPS) is 15.8. The number of carbonyl (C=O) groups is 3. The van der Waals surface area contributed by atoms with Crippen molar-refractivity contribution in [3.63, 3.8) is 0 Å². The molecule has 0 aliphatic carbocycles. The molecule has 1 saturated heterocycles. The summed E-state index contributed by atoms with van der Waals surface area (Å²) in [5.74, 6) is -3.20. The van der Waals surface area contributed by atoms with Crippen molar-refractivity contribution in [1.29, 1.82) is 0 Å². The quantitative estimate of drug-likeness (QED) is 0.0854. The Balaban J connectivity index is 1.02. The summed E-state index contributed by atoms with van der Waals surface area (Å²) in [5, 5.41) is 7.57. The molecule has 1 fully saturated rings. The van der Waals surface area contributed by atoms with Crippen LogP contribution in [0.2, 0.25) is 0 Å². The van der Waals surface area contributed by atoms with Crippen LogP contribution in [0, 0.1) is 5.92 Å². The maximum atomic E-state index is 14.8. The SMILES string of the molecule is CCCC[C@H](NC(=O)OCc1ccccc1)c1ncc(-c2ccc3cc(-c4ccc(-c5cnc([C@@H]6CC(F)(F)CN6C(=O)[C@@H](NC(=O)OC)C(C)C)[nH]5)cc4)ccc3c2)[nH]1. The monoisotopic (exact) mass is 817 g/mol. The summed E-state index contributed by atoms with van der Waals surface area (Å²) in [6, 6.07) is 27.5. The molecule has 4 N–H and O–H groups in total. The van der Waals surface area contributed by atoms with Crippen molar-refractivity contribution in [2.45, 2.75) is 77.1 Å². The number of alkyl carbamates (subject to hydrolysis) is 2. The highest BCUT2D eigenvalue weighted by Gasteiger charge is 2.50. The highest BCUT2D eigenvalue weighted by Crippen LogP contribution is 2.41. The van der Waals surface area contributed by atoms with Gasteiger partial charge in [0, 0.05) is 12.0 Å². The minimum absolute atomic E-state index is 0.186. The second-order valence-corrected chi connectivity index (χ2v) is 15.5. The molecule has 0 bridgehead atoms. The van der Waals surface area contributed by atoms with E-state index in [2.05, 4.69) is 72.6 Å². The van der Waals surface area contributed by atoms with Gasteiger partial charge in [0.05, 0.1) is 49.5 Å². The van der Waals surface area contributed by atoms with Crippen LogP contribution in [0.4, 0.5) is 18.4 Å². The van der Waals surface area contributed by atoms with E-state index in [1.807, 2.05) is 60.7 Å². The topological polar surface area (TPSA) is 154 Å². The summed E-state index contributed by atoms with van der Waals surface area (Å²) in [4.78, 5) is 54.9. The van der Waals surface area contributed by atoms with Crippen LogP contribution in [0.15, 0.2) is 103 Å². The minimum atomic E-state index is -3.12. The fraction of sp³-hybridized carbons (Fsp3) is 0.326. The molecule has 4 aromatic carbocycles. The number of carbonyl (C=O) groups excluding carboxylic acids is 3. The number of hydrogen-bond donors (Lipinski definition) is 4. The van der Waals surface area contributed by atoms with Crippen molar-refractivity contribution in [3.05, 3.63) is 121 Å². The molecule has 3 heterocycles. The predicted octanol–water partition coefficient (Wildman–Crippen LogP) is 9.73. The van der Waals surface area contributed by atoms with Gasteiger partial charge in [-0.15, -0.1) is 0 Å². The predicted molar refractivity (Wildman–Crippen MR) is 225 cm³/mol. The Morgan fingerprint density at radius 1 is 0.833 bits per heavy atom. The molecule has 2 aromatic heterocycles. The number of nitrogens with one attached hydrogen (secondary N) is 4. The van der Waals surface area contributed by atoms with Crippen LogP contribution in [-0.2, 0) is 20.9 Å². The third-order valence-electron chi connectivity index (χ3n) is 10.8. The molecule has 0 unspecified atom stereocenters. The number of amides is 3. The Morgan fingerprint density at radius 3 is 2.18 bits per heavy atom. The summed E-state index contributed by atoms with van der Waals surface area (Å²) < 4.78 is 39.7. The molecule has 6 aromatic rings. The number of fused-ring (bicyclic) bond motifs is 1. The number of hydrogen-bond acceptors (Lipinski definition) is 7. The van der Waals surface area contributed by atoms with Gasteiger partial charge >= 0.3 is 12.2 Å². The van der Waals surface area contributed by atoms with E-state index in [9.17, 15) is 23.2 Å². The highest BCUT2D eigenvalue weighted by atomic mass is 19.3. The van der Waals surface area contributed by atoms with E-state index in [1.54, 1.807) is 26.2 Å². The van der Waals surface area contributed by atoms with E-state index in [1.165, 1.54) is 7.11 Å². The molecule has 0 radical (unpaired) electrons. The van der Waals surface area contributed by atoms with Crippen molar-refractivity contribution in [3.8, 4) is 33.6 Å².